The maximum Gasteiger partial charge on any atom is 0.409 e. The minimum atomic E-state index is -1.02. The molecule has 1 aromatic carbocycles. The van der Waals surface area contributed by atoms with Crippen LogP contribution in [0.4, 0.5) is 10.5 Å². The van der Waals surface area contributed by atoms with Crippen molar-refractivity contribution in [3.8, 4) is 0 Å². The monoisotopic (exact) mass is 207 g/mol. The first kappa shape index (κ1) is 11.6. The van der Waals surface area contributed by atoms with Crippen molar-refractivity contribution < 1.29 is 9.90 Å². The molecule has 1 amide bonds. The zero-order valence-electron chi connectivity index (χ0n) is 8.99. The molecule has 1 rings (SSSR count). The lowest BCUT2D eigenvalue weighted by molar-refractivity contribution is 0.210. The lowest BCUT2D eigenvalue weighted by Crippen LogP contribution is -2.06. The fourth-order valence-corrected chi connectivity index (χ4v) is 1.46. The van der Waals surface area contributed by atoms with E-state index in [1.54, 1.807) is 12.1 Å². The zero-order chi connectivity index (χ0) is 11.1. The van der Waals surface area contributed by atoms with Crippen LogP contribution >= 0.6 is 0 Å². The second-order valence-corrected chi connectivity index (χ2v) is 3.58. The summed E-state index contributed by atoms with van der Waals surface area (Å²) < 4.78 is 0. The number of aryl methyl sites for hydroxylation is 1. The van der Waals surface area contributed by atoms with Crippen molar-refractivity contribution in [3.05, 3.63) is 29.8 Å². The van der Waals surface area contributed by atoms with Gasteiger partial charge >= 0.3 is 6.09 Å². The second-order valence-electron chi connectivity index (χ2n) is 3.58. The van der Waals surface area contributed by atoms with Crippen LogP contribution in [0.5, 0.6) is 0 Å². The first-order valence-electron chi connectivity index (χ1n) is 5.31. The van der Waals surface area contributed by atoms with Gasteiger partial charge in [0.2, 0.25) is 0 Å². The van der Waals surface area contributed by atoms with Crippen LogP contribution in [0, 0.1) is 0 Å². The molecule has 82 valence electrons. The Morgan fingerprint density at radius 3 is 2.47 bits per heavy atom. The highest BCUT2D eigenvalue weighted by atomic mass is 16.4. The Bertz CT molecular complexity index is 306. The third-order valence-corrected chi connectivity index (χ3v) is 2.27. The average molecular weight is 207 g/mol. The molecule has 0 aromatic heterocycles. The Morgan fingerprint density at radius 1 is 1.27 bits per heavy atom. The minimum absolute atomic E-state index is 0.627. The molecule has 0 bridgehead atoms. The van der Waals surface area contributed by atoms with Gasteiger partial charge in [0.1, 0.15) is 0 Å². The van der Waals surface area contributed by atoms with E-state index in [2.05, 4.69) is 12.2 Å². The van der Waals surface area contributed by atoms with E-state index in [0.29, 0.717) is 5.69 Å². The Labute approximate surface area is 90.1 Å². The van der Waals surface area contributed by atoms with Gasteiger partial charge in [0, 0.05) is 5.69 Å². The fourth-order valence-electron chi connectivity index (χ4n) is 1.46. The SMILES string of the molecule is CCCCCc1ccc(NC(=O)O)cc1. The molecule has 0 aliphatic carbocycles. The number of unbranched alkanes of at least 4 members (excludes halogenated alkanes) is 2. The van der Waals surface area contributed by atoms with E-state index in [4.69, 9.17) is 5.11 Å². The highest BCUT2D eigenvalue weighted by Crippen LogP contribution is 2.12. The van der Waals surface area contributed by atoms with Crippen LogP contribution in [-0.2, 0) is 6.42 Å². The van der Waals surface area contributed by atoms with Gasteiger partial charge < -0.3 is 5.11 Å². The van der Waals surface area contributed by atoms with Crippen LogP contribution in [0.3, 0.4) is 0 Å². The summed E-state index contributed by atoms with van der Waals surface area (Å²) in [6.45, 7) is 2.18. The summed E-state index contributed by atoms with van der Waals surface area (Å²) in [4.78, 5) is 10.4. The molecule has 0 radical (unpaired) electrons. The van der Waals surface area contributed by atoms with Crippen molar-refractivity contribution in [2.75, 3.05) is 5.32 Å². The van der Waals surface area contributed by atoms with Crippen LogP contribution in [0.15, 0.2) is 24.3 Å². The zero-order valence-corrected chi connectivity index (χ0v) is 8.99. The van der Waals surface area contributed by atoms with E-state index in [-0.39, 0.29) is 0 Å². The molecule has 3 nitrogen and oxygen atoms in total. The molecule has 0 aliphatic heterocycles. The second kappa shape index (κ2) is 6.06. The lowest BCUT2D eigenvalue weighted by atomic mass is 10.1. The van der Waals surface area contributed by atoms with Crippen molar-refractivity contribution in [2.24, 2.45) is 0 Å². The molecule has 0 atom stereocenters. The third-order valence-electron chi connectivity index (χ3n) is 2.27. The topological polar surface area (TPSA) is 49.3 Å². The standard InChI is InChI=1S/C12H17NO2/c1-2-3-4-5-10-6-8-11(9-7-10)13-12(14)15/h6-9,13H,2-5H2,1H3,(H,14,15). The number of carbonyl (C=O) groups is 1. The van der Waals surface area contributed by atoms with Crippen molar-refractivity contribution in [2.45, 2.75) is 32.6 Å². The van der Waals surface area contributed by atoms with E-state index in [1.807, 2.05) is 12.1 Å². The van der Waals surface area contributed by atoms with Gasteiger partial charge in [0.25, 0.3) is 0 Å². The van der Waals surface area contributed by atoms with Crippen molar-refractivity contribution in [1.82, 2.24) is 0 Å². The average Bonchev–Trinajstić information content (AvgIpc) is 2.20. The number of nitrogens with one attached hydrogen (secondary N) is 1. The van der Waals surface area contributed by atoms with Crippen LogP contribution in [0.1, 0.15) is 31.7 Å². The summed E-state index contributed by atoms with van der Waals surface area (Å²) in [6.07, 6.45) is 3.71. The molecule has 0 saturated heterocycles. The molecule has 2 N–H and O–H groups in total. The van der Waals surface area contributed by atoms with E-state index in [9.17, 15) is 4.79 Å². The predicted molar refractivity (Wildman–Crippen MR) is 61.3 cm³/mol. The molecular formula is C12H17NO2. The van der Waals surface area contributed by atoms with Gasteiger partial charge in [-0.1, -0.05) is 31.9 Å². The summed E-state index contributed by atoms with van der Waals surface area (Å²) in [6, 6.07) is 7.55. The number of hydrogen-bond donors (Lipinski definition) is 2. The first-order chi connectivity index (χ1) is 7.22. The largest absolute Gasteiger partial charge is 0.465 e. The summed E-state index contributed by atoms with van der Waals surface area (Å²) in [7, 11) is 0. The van der Waals surface area contributed by atoms with Crippen molar-refractivity contribution in [1.29, 1.82) is 0 Å². The number of anilines is 1. The van der Waals surface area contributed by atoms with Gasteiger partial charge in [-0.3, -0.25) is 5.32 Å². The highest BCUT2D eigenvalue weighted by molar-refractivity contribution is 5.82. The molecule has 0 heterocycles. The number of benzene rings is 1. The minimum Gasteiger partial charge on any atom is -0.465 e. The van der Waals surface area contributed by atoms with Crippen LogP contribution < -0.4 is 5.32 Å². The maximum atomic E-state index is 10.4. The molecule has 0 unspecified atom stereocenters. The van der Waals surface area contributed by atoms with Crippen molar-refractivity contribution >= 4 is 11.8 Å². The van der Waals surface area contributed by atoms with Gasteiger partial charge in [-0.25, -0.2) is 4.79 Å². The van der Waals surface area contributed by atoms with Crippen LogP contribution in [0.2, 0.25) is 0 Å². The summed E-state index contributed by atoms with van der Waals surface area (Å²) in [5.41, 5.74) is 1.89. The van der Waals surface area contributed by atoms with Gasteiger partial charge in [0.05, 0.1) is 0 Å². The normalized spacial score (nSPS) is 9.93. The number of rotatable bonds is 5. The first-order valence-corrected chi connectivity index (χ1v) is 5.31. The quantitative estimate of drug-likeness (QED) is 0.726. The number of carboxylic acid groups (broad SMARTS) is 1. The summed E-state index contributed by atoms with van der Waals surface area (Å²) in [5.74, 6) is 0. The predicted octanol–water partition coefficient (Wildman–Crippen LogP) is 3.51. The molecule has 15 heavy (non-hydrogen) atoms. The van der Waals surface area contributed by atoms with Gasteiger partial charge in [-0.05, 0) is 30.5 Å². The Kier molecular flexibility index (Phi) is 4.68. The molecule has 0 aliphatic rings. The van der Waals surface area contributed by atoms with Crippen LogP contribution in [-0.4, -0.2) is 11.2 Å². The Morgan fingerprint density at radius 2 is 1.93 bits per heavy atom. The summed E-state index contributed by atoms with van der Waals surface area (Å²) in [5, 5.41) is 10.8. The number of hydrogen-bond acceptors (Lipinski definition) is 1. The molecule has 0 fully saturated rings. The molecule has 3 heteroatoms. The molecular weight excluding hydrogens is 190 g/mol. The van der Waals surface area contributed by atoms with E-state index >= 15 is 0 Å². The third kappa shape index (κ3) is 4.49. The molecule has 0 spiro atoms. The van der Waals surface area contributed by atoms with E-state index < -0.39 is 6.09 Å². The van der Waals surface area contributed by atoms with E-state index in [1.165, 1.54) is 24.8 Å². The smallest absolute Gasteiger partial charge is 0.409 e. The van der Waals surface area contributed by atoms with E-state index in [0.717, 1.165) is 6.42 Å². The fraction of sp³-hybridized carbons (Fsp3) is 0.417. The Hall–Kier alpha value is -1.51. The van der Waals surface area contributed by atoms with Gasteiger partial charge in [0.15, 0.2) is 0 Å². The number of amides is 1. The Balaban J connectivity index is 2.45. The summed E-state index contributed by atoms with van der Waals surface area (Å²) >= 11 is 0. The molecule has 1 aromatic rings. The molecule has 0 saturated carbocycles. The van der Waals surface area contributed by atoms with Gasteiger partial charge in [-0.2, -0.15) is 0 Å². The van der Waals surface area contributed by atoms with Crippen LogP contribution in [0.25, 0.3) is 0 Å². The highest BCUT2D eigenvalue weighted by Gasteiger charge is 1.97. The van der Waals surface area contributed by atoms with Crippen molar-refractivity contribution in [3.63, 3.8) is 0 Å². The maximum absolute atomic E-state index is 10.4. The van der Waals surface area contributed by atoms with Gasteiger partial charge in [-0.15, -0.1) is 0 Å². The lowest BCUT2D eigenvalue weighted by Gasteiger charge is -2.03.